The Labute approximate surface area is 204 Å². The normalized spacial score (nSPS) is 18.9. The molecule has 6 nitrogen and oxygen atoms in total. The van der Waals surface area contributed by atoms with Gasteiger partial charge >= 0.3 is 12.1 Å². The van der Waals surface area contributed by atoms with Crippen LogP contribution < -0.4 is 0 Å². The molecule has 1 saturated heterocycles. The highest BCUT2D eigenvalue weighted by Gasteiger charge is 2.64. The number of carbonyl (C=O) groups is 3. The van der Waals surface area contributed by atoms with E-state index in [1.165, 1.54) is 23.1 Å². The fourth-order valence-corrected chi connectivity index (χ4v) is 4.29. The molecule has 9 heteroatoms. The Morgan fingerprint density at radius 2 is 1.86 bits per heavy atom. The van der Waals surface area contributed by atoms with E-state index in [0.717, 1.165) is 32.1 Å². The van der Waals surface area contributed by atoms with Crippen molar-refractivity contribution in [2.75, 3.05) is 20.3 Å². The van der Waals surface area contributed by atoms with Crippen molar-refractivity contribution in [3.63, 3.8) is 0 Å². The summed E-state index contributed by atoms with van der Waals surface area (Å²) in [6, 6.07) is 5.97. The third kappa shape index (κ3) is 6.72. The Balaban J connectivity index is 2.05. The zero-order valence-corrected chi connectivity index (χ0v) is 20.5. The van der Waals surface area contributed by atoms with E-state index in [1.807, 2.05) is 19.1 Å². The molecular weight excluding hydrogens is 463 g/mol. The minimum absolute atomic E-state index is 0.169. The van der Waals surface area contributed by atoms with Crippen LogP contribution in [0, 0.1) is 5.92 Å². The lowest BCUT2D eigenvalue weighted by Gasteiger charge is -2.33. The zero-order chi connectivity index (χ0) is 26.1. The summed E-state index contributed by atoms with van der Waals surface area (Å²) in [5.74, 6) is -3.01. The van der Waals surface area contributed by atoms with Gasteiger partial charge in [0.25, 0.3) is 5.60 Å². The predicted octanol–water partition coefficient (Wildman–Crippen LogP) is 4.97. The summed E-state index contributed by atoms with van der Waals surface area (Å²) >= 11 is 0. The summed E-state index contributed by atoms with van der Waals surface area (Å²) in [6.45, 7) is 3.42. The van der Waals surface area contributed by atoms with Crippen molar-refractivity contribution in [1.82, 2.24) is 4.90 Å². The Morgan fingerprint density at radius 1 is 1.17 bits per heavy atom. The molecule has 3 atom stereocenters. The number of amides is 1. The molecule has 2 rings (SSSR count). The Hall–Kier alpha value is -2.68. The van der Waals surface area contributed by atoms with Gasteiger partial charge in [-0.15, -0.1) is 0 Å². The molecule has 0 spiro atoms. The zero-order valence-electron chi connectivity index (χ0n) is 20.5. The van der Waals surface area contributed by atoms with Gasteiger partial charge in [0, 0.05) is 25.6 Å². The third-order valence-electron chi connectivity index (χ3n) is 6.37. The maximum Gasteiger partial charge on any atom is 0.432 e. The van der Waals surface area contributed by atoms with E-state index in [4.69, 9.17) is 9.47 Å². The van der Waals surface area contributed by atoms with Gasteiger partial charge in [-0.1, -0.05) is 42.5 Å². The number of benzene rings is 1. The van der Waals surface area contributed by atoms with E-state index in [9.17, 15) is 27.6 Å². The summed E-state index contributed by atoms with van der Waals surface area (Å²) in [6.07, 6.45) is 2.64. The average Bonchev–Trinajstić information content (AvgIpc) is 3.30. The molecule has 1 fully saturated rings. The van der Waals surface area contributed by atoms with E-state index in [-0.39, 0.29) is 18.1 Å². The molecule has 1 aliphatic rings. The number of hydrogen-bond donors (Lipinski definition) is 0. The lowest BCUT2D eigenvalue weighted by molar-refractivity contribution is -0.276. The first-order valence-corrected chi connectivity index (χ1v) is 11.9. The number of esters is 1. The highest BCUT2D eigenvalue weighted by atomic mass is 19.4. The first kappa shape index (κ1) is 28.6. The number of halogens is 3. The van der Waals surface area contributed by atoms with Crippen molar-refractivity contribution in [2.24, 2.45) is 5.92 Å². The maximum absolute atomic E-state index is 14.1. The number of hydrogen-bond acceptors (Lipinski definition) is 5. The lowest BCUT2D eigenvalue weighted by atomic mass is 9.92. The minimum atomic E-state index is -5.07. The number of likely N-dealkylation sites (tertiary alicyclic amines) is 1. The molecule has 0 saturated carbocycles. The van der Waals surface area contributed by atoms with Gasteiger partial charge in [-0.2, -0.15) is 13.2 Å². The SMILES string of the molecule is C/C=C/CCCCC(=O)C(C)C(=O)N1CCC[C@@H]1COC(=O)[C@](OC)(c1ccccc1)C(F)(F)F. The average molecular weight is 498 g/mol. The van der Waals surface area contributed by atoms with Crippen LogP contribution in [-0.2, 0) is 29.5 Å². The van der Waals surface area contributed by atoms with Crippen LogP contribution in [-0.4, -0.2) is 55.0 Å². The van der Waals surface area contributed by atoms with Crippen LogP contribution in [0.25, 0.3) is 0 Å². The van der Waals surface area contributed by atoms with Gasteiger partial charge in [-0.3, -0.25) is 9.59 Å². The quantitative estimate of drug-likeness (QED) is 0.177. The van der Waals surface area contributed by atoms with Crippen molar-refractivity contribution in [3.05, 3.63) is 48.0 Å². The topological polar surface area (TPSA) is 72.9 Å². The first-order chi connectivity index (χ1) is 16.6. The van der Waals surface area contributed by atoms with Gasteiger partial charge in [0.05, 0.1) is 12.0 Å². The maximum atomic E-state index is 14.1. The molecular formula is C26H34F3NO5. The third-order valence-corrected chi connectivity index (χ3v) is 6.37. The summed E-state index contributed by atoms with van der Waals surface area (Å²) < 4.78 is 52.0. The number of nitrogens with zero attached hydrogens (tertiary/aromatic N) is 1. The van der Waals surface area contributed by atoms with Crippen molar-refractivity contribution >= 4 is 17.7 Å². The molecule has 1 aromatic carbocycles. The number of rotatable bonds is 12. The lowest BCUT2D eigenvalue weighted by Crippen LogP contribution is -2.52. The van der Waals surface area contributed by atoms with Crippen molar-refractivity contribution in [3.8, 4) is 0 Å². The summed E-state index contributed by atoms with van der Waals surface area (Å²) in [7, 11) is 0.805. The predicted molar refractivity (Wildman–Crippen MR) is 124 cm³/mol. The minimum Gasteiger partial charge on any atom is -0.461 e. The molecule has 0 N–H and O–H groups in total. The molecule has 1 amide bonds. The van der Waals surface area contributed by atoms with E-state index >= 15 is 0 Å². The Bertz CT molecular complexity index is 887. The van der Waals surface area contributed by atoms with Gasteiger partial charge in [0.1, 0.15) is 12.4 Å². The van der Waals surface area contributed by atoms with Crippen molar-refractivity contribution in [1.29, 1.82) is 0 Å². The number of ether oxygens (including phenoxy) is 2. The second kappa shape index (κ2) is 12.9. The van der Waals surface area contributed by atoms with Gasteiger partial charge < -0.3 is 14.4 Å². The fraction of sp³-hybridized carbons (Fsp3) is 0.577. The van der Waals surface area contributed by atoms with Crippen molar-refractivity contribution < 1.29 is 37.0 Å². The van der Waals surface area contributed by atoms with E-state index in [2.05, 4.69) is 0 Å². The molecule has 35 heavy (non-hydrogen) atoms. The number of ketones is 1. The second-order valence-electron chi connectivity index (χ2n) is 8.68. The van der Waals surface area contributed by atoms with E-state index < -0.39 is 41.9 Å². The molecule has 0 bridgehead atoms. The molecule has 1 heterocycles. The number of allylic oxidation sites excluding steroid dienone is 2. The summed E-state index contributed by atoms with van der Waals surface area (Å²) in [4.78, 5) is 39.7. The second-order valence-corrected chi connectivity index (χ2v) is 8.68. The summed E-state index contributed by atoms with van der Waals surface area (Å²) in [5, 5.41) is 0. The number of unbranched alkanes of at least 4 members (excludes halogenated alkanes) is 2. The van der Waals surface area contributed by atoms with Crippen LogP contribution in [0.1, 0.15) is 57.9 Å². The first-order valence-electron chi connectivity index (χ1n) is 11.9. The van der Waals surface area contributed by atoms with E-state index in [0.29, 0.717) is 25.8 Å². The molecule has 1 aromatic rings. The van der Waals surface area contributed by atoms with Gasteiger partial charge in [0.2, 0.25) is 5.91 Å². The Kier molecular flexibility index (Phi) is 10.5. The molecule has 0 aromatic heterocycles. The number of Topliss-reactive ketones (excluding diaryl/α,β-unsaturated/α-hetero) is 1. The van der Waals surface area contributed by atoms with Crippen LogP contribution in [0.3, 0.4) is 0 Å². The molecule has 194 valence electrons. The van der Waals surface area contributed by atoms with Crippen LogP contribution >= 0.6 is 0 Å². The number of carbonyl (C=O) groups excluding carboxylic acids is 3. The molecule has 1 aliphatic heterocycles. The van der Waals surface area contributed by atoms with Crippen LogP contribution in [0.2, 0.25) is 0 Å². The van der Waals surface area contributed by atoms with Gasteiger partial charge in [-0.05, 0) is 46.0 Å². The van der Waals surface area contributed by atoms with Crippen molar-refractivity contribution in [2.45, 2.75) is 70.2 Å². The van der Waals surface area contributed by atoms with E-state index in [1.54, 1.807) is 6.92 Å². The highest BCUT2D eigenvalue weighted by Crippen LogP contribution is 2.43. The standard InChI is InChI=1S/C26H34F3NO5/c1-4-5-6-7-11-16-22(31)19(2)23(32)30-17-12-15-21(30)18-35-24(33)25(34-3,26(27,28)29)20-13-9-8-10-14-20/h4-5,8-10,13-14,19,21H,6-7,11-12,15-18H2,1-3H3/b5-4+/t19?,21-,25-/m1/s1. The molecule has 1 unspecified atom stereocenters. The summed E-state index contributed by atoms with van der Waals surface area (Å²) in [5.41, 5.74) is -3.68. The Morgan fingerprint density at radius 3 is 2.46 bits per heavy atom. The van der Waals surface area contributed by atoms with Gasteiger partial charge in [-0.25, -0.2) is 4.79 Å². The smallest absolute Gasteiger partial charge is 0.432 e. The highest BCUT2D eigenvalue weighted by molar-refractivity contribution is 6.01. The molecule has 0 radical (unpaired) electrons. The molecule has 0 aliphatic carbocycles. The largest absolute Gasteiger partial charge is 0.461 e. The van der Waals surface area contributed by atoms with Crippen LogP contribution in [0.4, 0.5) is 13.2 Å². The van der Waals surface area contributed by atoms with Crippen LogP contribution in [0.15, 0.2) is 42.5 Å². The monoisotopic (exact) mass is 497 g/mol. The number of alkyl halides is 3. The fourth-order valence-electron chi connectivity index (χ4n) is 4.29. The van der Waals surface area contributed by atoms with Crippen LogP contribution in [0.5, 0.6) is 0 Å². The van der Waals surface area contributed by atoms with Gasteiger partial charge in [0.15, 0.2) is 0 Å². The number of methoxy groups -OCH3 is 1.